The Morgan fingerprint density at radius 3 is 2.92 bits per heavy atom. The summed E-state index contributed by atoms with van der Waals surface area (Å²) in [5, 5.41) is 10.4. The number of carbonyl (C=O) groups is 2. The second kappa shape index (κ2) is 7.27. The number of hydrogen-bond acceptors (Lipinski definition) is 4. The summed E-state index contributed by atoms with van der Waals surface area (Å²) in [6.45, 7) is 2.39. The van der Waals surface area contributed by atoms with Crippen molar-refractivity contribution in [1.82, 2.24) is 15.1 Å². The van der Waals surface area contributed by atoms with Crippen LogP contribution in [0.4, 0.5) is 5.82 Å². The molecule has 24 heavy (non-hydrogen) atoms. The number of rotatable bonds is 4. The van der Waals surface area contributed by atoms with Crippen molar-refractivity contribution in [2.45, 2.75) is 24.9 Å². The number of anilines is 1. The number of halogens is 1. The SMILES string of the molecule is CCCNC(=O)C(=O)Nc1c2c(nn1-c1cccc(Cl)c1)CSC2. The van der Waals surface area contributed by atoms with E-state index >= 15 is 0 Å². The Balaban J connectivity index is 1.92. The predicted molar refractivity (Wildman–Crippen MR) is 95.5 cm³/mol. The summed E-state index contributed by atoms with van der Waals surface area (Å²) in [7, 11) is 0. The van der Waals surface area contributed by atoms with Gasteiger partial charge in [-0.1, -0.05) is 24.6 Å². The van der Waals surface area contributed by atoms with Crippen molar-refractivity contribution in [3.05, 3.63) is 40.5 Å². The molecule has 3 rings (SSSR count). The van der Waals surface area contributed by atoms with E-state index in [1.165, 1.54) is 0 Å². The van der Waals surface area contributed by atoms with Crippen LogP contribution in [-0.4, -0.2) is 28.1 Å². The molecule has 0 spiro atoms. The summed E-state index contributed by atoms with van der Waals surface area (Å²) in [6, 6.07) is 7.21. The van der Waals surface area contributed by atoms with Gasteiger partial charge in [0, 0.05) is 28.6 Å². The van der Waals surface area contributed by atoms with E-state index in [0.717, 1.165) is 34.9 Å². The molecule has 0 aliphatic carbocycles. The van der Waals surface area contributed by atoms with Gasteiger partial charge in [0.1, 0.15) is 5.82 Å². The summed E-state index contributed by atoms with van der Waals surface area (Å²) in [4.78, 5) is 24.0. The highest BCUT2D eigenvalue weighted by molar-refractivity contribution is 7.98. The molecule has 0 fully saturated rings. The fourth-order valence-corrected chi connectivity index (χ4v) is 3.64. The minimum Gasteiger partial charge on any atom is -0.348 e. The van der Waals surface area contributed by atoms with Crippen LogP contribution in [0.2, 0.25) is 5.02 Å². The van der Waals surface area contributed by atoms with Crippen LogP contribution < -0.4 is 10.6 Å². The Bertz CT molecular complexity index is 790. The van der Waals surface area contributed by atoms with Crippen LogP contribution in [0.5, 0.6) is 0 Å². The first-order valence-electron chi connectivity index (χ1n) is 7.63. The van der Waals surface area contributed by atoms with E-state index in [2.05, 4.69) is 15.7 Å². The molecule has 0 atom stereocenters. The predicted octanol–water partition coefficient (Wildman–Crippen LogP) is 2.74. The normalized spacial score (nSPS) is 12.8. The molecule has 0 unspecified atom stereocenters. The maximum atomic E-state index is 12.2. The number of fused-ring (bicyclic) bond motifs is 1. The van der Waals surface area contributed by atoms with Crippen LogP contribution in [0.25, 0.3) is 5.69 Å². The number of nitrogens with zero attached hydrogens (tertiary/aromatic N) is 2. The van der Waals surface area contributed by atoms with Gasteiger partial charge >= 0.3 is 11.8 Å². The first-order chi connectivity index (χ1) is 11.6. The number of thioether (sulfide) groups is 1. The van der Waals surface area contributed by atoms with Gasteiger partial charge in [0.15, 0.2) is 0 Å². The zero-order chi connectivity index (χ0) is 17.1. The summed E-state index contributed by atoms with van der Waals surface area (Å²) in [6.07, 6.45) is 0.769. The molecule has 0 saturated carbocycles. The van der Waals surface area contributed by atoms with E-state index in [0.29, 0.717) is 17.4 Å². The lowest BCUT2D eigenvalue weighted by molar-refractivity contribution is -0.136. The van der Waals surface area contributed by atoms with E-state index < -0.39 is 11.8 Å². The van der Waals surface area contributed by atoms with Gasteiger partial charge in [-0.15, -0.1) is 0 Å². The standard InChI is InChI=1S/C16H17ClN4O2S/c1-2-6-18-15(22)16(23)19-14-12-8-24-9-13(12)20-21(14)11-5-3-4-10(17)7-11/h3-5,7H,2,6,8-9H2,1H3,(H,18,22)(H,19,23). The molecule has 8 heteroatoms. The number of aromatic nitrogens is 2. The molecule has 6 nitrogen and oxygen atoms in total. The number of benzene rings is 1. The second-order valence-corrected chi connectivity index (χ2v) is 6.79. The van der Waals surface area contributed by atoms with Gasteiger partial charge in [0.2, 0.25) is 0 Å². The van der Waals surface area contributed by atoms with Crippen molar-refractivity contribution < 1.29 is 9.59 Å². The number of amides is 2. The Labute approximate surface area is 148 Å². The number of carbonyl (C=O) groups excluding carboxylic acids is 2. The van der Waals surface area contributed by atoms with Gasteiger partial charge in [0.25, 0.3) is 0 Å². The molecule has 2 aromatic rings. The molecule has 0 saturated heterocycles. The lowest BCUT2D eigenvalue weighted by atomic mass is 10.2. The first kappa shape index (κ1) is 16.9. The Kier molecular flexibility index (Phi) is 5.11. The summed E-state index contributed by atoms with van der Waals surface area (Å²) >= 11 is 7.78. The molecular weight excluding hydrogens is 348 g/mol. The number of hydrogen-bond donors (Lipinski definition) is 2. The summed E-state index contributed by atoms with van der Waals surface area (Å²) < 4.78 is 1.64. The maximum Gasteiger partial charge on any atom is 0.314 e. The third-order valence-corrected chi connectivity index (χ3v) is 4.78. The van der Waals surface area contributed by atoms with Gasteiger partial charge in [-0.2, -0.15) is 16.9 Å². The third kappa shape index (κ3) is 3.42. The summed E-state index contributed by atoms with van der Waals surface area (Å²) in [5.41, 5.74) is 2.62. The zero-order valence-corrected chi connectivity index (χ0v) is 14.7. The second-order valence-electron chi connectivity index (χ2n) is 5.37. The maximum absolute atomic E-state index is 12.2. The molecule has 1 aromatic carbocycles. The van der Waals surface area contributed by atoms with Crippen LogP contribution in [0.15, 0.2) is 24.3 Å². The third-order valence-electron chi connectivity index (χ3n) is 3.58. The fourth-order valence-electron chi connectivity index (χ4n) is 2.42. The van der Waals surface area contributed by atoms with Gasteiger partial charge in [0.05, 0.1) is 11.4 Å². The molecule has 2 N–H and O–H groups in total. The van der Waals surface area contributed by atoms with E-state index in [1.807, 2.05) is 19.1 Å². The zero-order valence-electron chi connectivity index (χ0n) is 13.1. The molecule has 1 aliphatic rings. The van der Waals surface area contributed by atoms with E-state index in [1.54, 1.807) is 28.6 Å². The van der Waals surface area contributed by atoms with Crippen LogP contribution in [0.3, 0.4) is 0 Å². The van der Waals surface area contributed by atoms with Crippen molar-refractivity contribution >= 4 is 41.0 Å². The fraction of sp³-hybridized carbons (Fsp3) is 0.312. The van der Waals surface area contributed by atoms with Crippen LogP contribution in [-0.2, 0) is 21.1 Å². The van der Waals surface area contributed by atoms with Crippen LogP contribution in [0.1, 0.15) is 24.6 Å². The van der Waals surface area contributed by atoms with Gasteiger partial charge in [-0.05, 0) is 24.6 Å². The van der Waals surface area contributed by atoms with Gasteiger partial charge in [-0.25, -0.2) is 4.68 Å². The molecule has 0 bridgehead atoms. The summed E-state index contributed by atoms with van der Waals surface area (Å²) in [5.74, 6) is 0.742. The Morgan fingerprint density at radius 1 is 1.33 bits per heavy atom. The van der Waals surface area contributed by atoms with Crippen molar-refractivity contribution in [2.24, 2.45) is 0 Å². The topological polar surface area (TPSA) is 76.0 Å². The van der Waals surface area contributed by atoms with Crippen LogP contribution in [0, 0.1) is 0 Å². The van der Waals surface area contributed by atoms with Gasteiger partial charge in [-0.3, -0.25) is 9.59 Å². The highest BCUT2D eigenvalue weighted by Gasteiger charge is 2.26. The van der Waals surface area contributed by atoms with Gasteiger partial charge < -0.3 is 10.6 Å². The smallest absolute Gasteiger partial charge is 0.314 e. The van der Waals surface area contributed by atoms with Crippen molar-refractivity contribution in [3.8, 4) is 5.69 Å². The largest absolute Gasteiger partial charge is 0.348 e. The molecule has 2 heterocycles. The lowest BCUT2D eigenvalue weighted by Crippen LogP contribution is -2.36. The lowest BCUT2D eigenvalue weighted by Gasteiger charge is -2.11. The molecule has 0 radical (unpaired) electrons. The van der Waals surface area contributed by atoms with Crippen LogP contribution >= 0.6 is 23.4 Å². The van der Waals surface area contributed by atoms with E-state index in [-0.39, 0.29) is 0 Å². The minimum absolute atomic E-state index is 0.466. The first-order valence-corrected chi connectivity index (χ1v) is 9.17. The Morgan fingerprint density at radius 2 is 2.17 bits per heavy atom. The highest BCUT2D eigenvalue weighted by Crippen LogP contribution is 2.36. The molecule has 1 aliphatic heterocycles. The average Bonchev–Trinajstić information content (AvgIpc) is 3.15. The van der Waals surface area contributed by atoms with E-state index in [9.17, 15) is 9.59 Å². The Hall–Kier alpha value is -1.99. The van der Waals surface area contributed by atoms with Crippen molar-refractivity contribution in [2.75, 3.05) is 11.9 Å². The number of nitrogens with one attached hydrogen (secondary N) is 2. The molecule has 2 amide bonds. The molecule has 126 valence electrons. The monoisotopic (exact) mass is 364 g/mol. The quantitative estimate of drug-likeness (QED) is 0.818. The molecule has 1 aromatic heterocycles. The average molecular weight is 365 g/mol. The van der Waals surface area contributed by atoms with Crippen molar-refractivity contribution in [1.29, 1.82) is 0 Å². The van der Waals surface area contributed by atoms with E-state index in [4.69, 9.17) is 11.6 Å². The van der Waals surface area contributed by atoms with Crippen molar-refractivity contribution in [3.63, 3.8) is 0 Å². The highest BCUT2D eigenvalue weighted by atomic mass is 35.5. The molecular formula is C16H17ClN4O2S. The minimum atomic E-state index is -0.689.